The molecule has 0 saturated carbocycles. The van der Waals surface area contributed by atoms with E-state index >= 15 is 0 Å². The van der Waals surface area contributed by atoms with Crippen molar-refractivity contribution in [1.29, 1.82) is 0 Å². The molecule has 2 aliphatic heterocycles. The average molecular weight is 787 g/mol. The number of H-pyrrole nitrogens is 2. The molecule has 0 saturated heterocycles. The molecule has 8 bridgehead atoms. The van der Waals surface area contributed by atoms with Crippen molar-refractivity contribution in [3.05, 3.63) is 153 Å². The number of fused-ring (bicyclic) bond motifs is 8. The zero-order valence-electron chi connectivity index (χ0n) is 37.4. The van der Waals surface area contributed by atoms with E-state index in [4.69, 9.17) is 9.97 Å². The third kappa shape index (κ3) is 8.32. The minimum atomic E-state index is -0.0487. The van der Waals surface area contributed by atoms with Crippen molar-refractivity contribution in [2.24, 2.45) is 0 Å². The van der Waals surface area contributed by atoms with Gasteiger partial charge in [-0.05, 0) is 122 Å². The predicted octanol–water partition coefficient (Wildman–Crippen LogP) is 14.6. The molecule has 0 atom stereocenters. The average Bonchev–Trinajstić information content (AvgIpc) is 4.01. The molecule has 3 aromatic carbocycles. The van der Waals surface area contributed by atoms with E-state index < -0.39 is 0 Å². The summed E-state index contributed by atoms with van der Waals surface area (Å²) in [6, 6.07) is 35.2. The van der Waals surface area contributed by atoms with Crippen molar-refractivity contribution >= 4 is 46.4 Å². The van der Waals surface area contributed by atoms with Gasteiger partial charge in [-0.15, -0.1) is 0 Å². The molecule has 60 heavy (non-hydrogen) atoms. The van der Waals surface area contributed by atoms with Crippen molar-refractivity contribution in [2.45, 2.75) is 105 Å². The van der Waals surface area contributed by atoms with Crippen molar-refractivity contribution in [1.82, 2.24) is 19.9 Å². The Kier molecular flexibility index (Phi) is 10.0. The highest BCUT2D eigenvalue weighted by Crippen LogP contribution is 2.40. The van der Waals surface area contributed by atoms with Crippen molar-refractivity contribution < 1.29 is 0 Å². The number of aromatic nitrogens is 4. The molecule has 8 rings (SSSR count). The number of aromatic amines is 2. The third-order valence-corrected chi connectivity index (χ3v) is 11.6. The first-order valence-corrected chi connectivity index (χ1v) is 21.2. The first-order valence-electron chi connectivity index (χ1n) is 21.2. The fourth-order valence-electron chi connectivity index (χ4n) is 7.81. The number of nitrogens with one attached hydrogen (secondary N) is 2. The Morgan fingerprint density at radius 3 is 1.17 bits per heavy atom. The fraction of sp³-hybridized carbons (Fsp3) is 0.286. The van der Waals surface area contributed by atoms with Crippen LogP contribution in [0, 0.1) is 11.8 Å². The Bertz CT molecular complexity index is 2710. The van der Waals surface area contributed by atoms with Gasteiger partial charge >= 0.3 is 0 Å². The molecule has 4 nitrogen and oxygen atoms in total. The summed E-state index contributed by atoms with van der Waals surface area (Å²) < 4.78 is 0. The van der Waals surface area contributed by atoms with Crippen LogP contribution in [0.15, 0.2) is 97.1 Å². The summed E-state index contributed by atoms with van der Waals surface area (Å²) in [6.07, 6.45) is 8.49. The van der Waals surface area contributed by atoms with Crippen molar-refractivity contribution in [2.75, 3.05) is 0 Å². The van der Waals surface area contributed by atoms with Crippen LogP contribution in [0.2, 0.25) is 0 Å². The molecule has 0 radical (unpaired) electrons. The van der Waals surface area contributed by atoms with Gasteiger partial charge in [0.2, 0.25) is 0 Å². The second-order valence-electron chi connectivity index (χ2n) is 20.6. The number of hydrogen-bond acceptors (Lipinski definition) is 2. The second-order valence-corrected chi connectivity index (χ2v) is 20.6. The maximum atomic E-state index is 5.45. The van der Waals surface area contributed by atoms with E-state index in [1.165, 1.54) is 22.3 Å². The van der Waals surface area contributed by atoms with E-state index in [2.05, 4.69) is 196 Å². The van der Waals surface area contributed by atoms with Gasteiger partial charge in [-0.25, -0.2) is 9.97 Å². The zero-order valence-corrected chi connectivity index (χ0v) is 37.4. The molecular weight excluding hydrogens is 729 g/mol. The quantitative estimate of drug-likeness (QED) is 0.171. The van der Waals surface area contributed by atoms with Crippen LogP contribution in [0.3, 0.4) is 0 Å². The van der Waals surface area contributed by atoms with Crippen LogP contribution in [0.4, 0.5) is 0 Å². The van der Waals surface area contributed by atoms with E-state index in [0.29, 0.717) is 0 Å². The molecule has 302 valence electrons. The molecule has 2 aliphatic rings. The largest absolute Gasteiger partial charge is 0.355 e. The van der Waals surface area contributed by atoms with Crippen LogP contribution in [-0.2, 0) is 21.7 Å². The predicted molar refractivity (Wildman–Crippen MR) is 257 cm³/mol. The number of hydrogen-bond donors (Lipinski definition) is 2. The van der Waals surface area contributed by atoms with Gasteiger partial charge in [0.15, 0.2) is 0 Å². The minimum absolute atomic E-state index is 0.0487. The van der Waals surface area contributed by atoms with Crippen LogP contribution >= 0.6 is 0 Å². The summed E-state index contributed by atoms with van der Waals surface area (Å²) in [6.45, 7) is 27.4. The van der Waals surface area contributed by atoms with Crippen LogP contribution in [0.1, 0.15) is 139 Å². The Morgan fingerprint density at radius 2 is 0.783 bits per heavy atom. The second kappa shape index (κ2) is 14.8. The molecule has 0 unspecified atom stereocenters. The highest BCUT2D eigenvalue weighted by molar-refractivity contribution is 5.94. The van der Waals surface area contributed by atoms with Gasteiger partial charge in [0.1, 0.15) is 0 Å². The molecule has 4 heteroatoms. The van der Waals surface area contributed by atoms with E-state index in [9.17, 15) is 0 Å². The lowest BCUT2D eigenvalue weighted by Crippen LogP contribution is -2.16. The summed E-state index contributed by atoms with van der Waals surface area (Å²) in [4.78, 5) is 18.5. The van der Waals surface area contributed by atoms with Gasteiger partial charge in [0.25, 0.3) is 0 Å². The summed E-state index contributed by atoms with van der Waals surface area (Å²) in [5, 5.41) is 0. The maximum Gasteiger partial charge on any atom is 0.0816 e. The normalized spacial score (nSPS) is 13.1. The highest BCUT2D eigenvalue weighted by Gasteiger charge is 2.25. The van der Waals surface area contributed by atoms with E-state index in [-0.39, 0.29) is 21.7 Å². The van der Waals surface area contributed by atoms with Gasteiger partial charge < -0.3 is 9.97 Å². The topological polar surface area (TPSA) is 57.4 Å². The van der Waals surface area contributed by atoms with Gasteiger partial charge in [0.05, 0.1) is 28.3 Å². The highest BCUT2D eigenvalue weighted by atomic mass is 14.8. The molecule has 0 amide bonds. The number of nitrogens with zero attached hydrogens (tertiary/aromatic N) is 2. The number of benzene rings is 3. The summed E-state index contributed by atoms with van der Waals surface area (Å²) in [5.74, 6) is 7.01. The summed E-state index contributed by atoms with van der Waals surface area (Å²) in [7, 11) is 0. The molecular formula is C56H58N4. The monoisotopic (exact) mass is 786 g/mol. The fourth-order valence-corrected chi connectivity index (χ4v) is 7.81. The Hall–Kier alpha value is -6.18. The lowest BCUT2D eigenvalue weighted by Gasteiger charge is -2.26. The van der Waals surface area contributed by atoms with E-state index in [1.807, 2.05) is 30.3 Å². The van der Waals surface area contributed by atoms with Gasteiger partial charge in [0, 0.05) is 38.8 Å². The van der Waals surface area contributed by atoms with Crippen molar-refractivity contribution in [3.8, 4) is 34.1 Å². The molecule has 0 fully saturated rings. The smallest absolute Gasteiger partial charge is 0.0816 e. The zero-order chi connectivity index (χ0) is 42.8. The van der Waals surface area contributed by atoms with Crippen LogP contribution in [0.25, 0.3) is 68.6 Å². The first kappa shape index (κ1) is 40.6. The lowest BCUT2D eigenvalue weighted by molar-refractivity contribution is 0.568. The molecule has 6 aromatic rings. The van der Waals surface area contributed by atoms with Gasteiger partial charge in [-0.2, -0.15) is 0 Å². The Balaban J connectivity index is 1.51. The lowest BCUT2D eigenvalue weighted by atomic mass is 9.78. The standard InChI is InChI=1S/C56H58N4/c1-53(2,3)38-28-36(29-39(32-38)54(4,5)6)51-47-22-19-42(57-47)34-43-20-23-48(58-43)52(37-30-40(55(7,8)9)33-41(31-37)56(10,11)12)50-27-25-46(60-50)44(45-24-26-49(51)59-45)21-18-35-16-14-13-15-17-35/h13-17,19-20,22-34,57-58H,1-12H3. The molecule has 5 heterocycles. The SMILES string of the molecule is CC(C)(C)c1cc(-c2c3nc(c(C#Cc4ccccc4)c4nc(c(-c5cc(C(C)(C)C)cc(C(C)(C)C)c5)c5ccc(cc6ccc2[nH]6)[nH]5)C=C4)C=C3)cc(C(C)(C)C)c1. The van der Waals surface area contributed by atoms with Crippen LogP contribution in [-0.4, -0.2) is 19.9 Å². The Morgan fingerprint density at radius 1 is 0.400 bits per heavy atom. The molecule has 0 aliphatic carbocycles. The first-order chi connectivity index (χ1) is 28.2. The summed E-state index contributed by atoms with van der Waals surface area (Å²) >= 11 is 0. The summed E-state index contributed by atoms with van der Waals surface area (Å²) in [5.41, 5.74) is 18.4. The maximum absolute atomic E-state index is 5.45. The van der Waals surface area contributed by atoms with Crippen LogP contribution in [0.5, 0.6) is 0 Å². The minimum Gasteiger partial charge on any atom is -0.355 e. The van der Waals surface area contributed by atoms with Crippen molar-refractivity contribution in [3.63, 3.8) is 0 Å². The van der Waals surface area contributed by atoms with E-state index in [1.54, 1.807) is 0 Å². The molecule has 3 aromatic heterocycles. The van der Waals surface area contributed by atoms with Gasteiger partial charge in [-0.3, -0.25) is 0 Å². The molecule has 0 spiro atoms. The van der Waals surface area contributed by atoms with Gasteiger partial charge in [-0.1, -0.05) is 150 Å². The Labute approximate surface area is 357 Å². The van der Waals surface area contributed by atoms with Crippen LogP contribution < -0.4 is 0 Å². The third-order valence-electron chi connectivity index (χ3n) is 11.6. The van der Waals surface area contributed by atoms with E-state index in [0.717, 1.165) is 78.2 Å². The molecule has 2 N–H and O–H groups in total. The number of rotatable bonds is 2.